The summed E-state index contributed by atoms with van der Waals surface area (Å²) in [5.41, 5.74) is 2.18. The molecule has 2 N–H and O–H groups in total. The summed E-state index contributed by atoms with van der Waals surface area (Å²) >= 11 is 7.63. The standard InChI is InChI=1S/C22H25ClN4O3S/c1-2-30-21(28)19-17(24-22(29)25-20(19)18-7-4-12-31-18)14-26-8-10-27(11-9-26)16-6-3-5-15(23)13-16/h3-7,12-13,20H,2,8-11,14H2,1H3,(H2,24,25,29)/t20-/m0/s1. The van der Waals surface area contributed by atoms with E-state index in [1.165, 1.54) is 11.3 Å². The van der Waals surface area contributed by atoms with Crippen LogP contribution in [0.4, 0.5) is 10.5 Å². The molecule has 31 heavy (non-hydrogen) atoms. The maximum Gasteiger partial charge on any atom is 0.338 e. The quantitative estimate of drug-likeness (QED) is 0.646. The van der Waals surface area contributed by atoms with E-state index >= 15 is 0 Å². The van der Waals surface area contributed by atoms with E-state index in [9.17, 15) is 9.59 Å². The summed E-state index contributed by atoms with van der Waals surface area (Å²) in [6, 6.07) is 10.9. The molecule has 0 radical (unpaired) electrons. The third-order valence-electron chi connectivity index (χ3n) is 5.40. The van der Waals surface area contributed by atoms with E-state index in [1.807, 2.05) is 35.7 Å². The summed E-state index contributed by atoms with van der Waals surface area (Å²) in [6.07, 6.45) is 0. The molecule has 2 aromatic rings. The predicted octanol–water partition coefficient (Wildman–Crippen LogP) is 3.39. The third-order valence-corrected chi connectivity index (χ3v) is 6.58. The first-order valence-electron chi connectivity index (χ1n) is 10.3. The molecule has 164 valence electrons. The molecule has 2 aliphatic rings. The van der Waals surface area contributed by atoms with Crippen molar-refractivity contribution in [3.8, 4) is 0 Å². The molecule has 0 unspecified atom stereocenters. The van der Waals surface area contributed by atoms with Crippen molar-refractivity contribution in [2.45, 2.75) is 13.0 Å². The van der Waals surface area contributed by atoms with Gasteiger partial charge in [-0.2, -0.15) is 0 Å². The minimum Gasteiger partial charge on any atom is -0.463 e. The van der Waals surface area contributed by atoms with Gasteiger partial charge in [0, 0.05) is 54.0 Å². The van der Waals surface area contributed by atoms with Gasteiger partial charge in [0.25, 0.3) is 0 Å². The van der Waals surface area contributed by atoms with Crippen molar-refractivity contribution < 1.29 is 14.3 Å². The number of ether oxygens (including phenoxy) is 1. The number of rotatable bonds is 6. The molecular formula is C22H25ClN4O3S. The highest BCUT2D eigenvalue weighted by Crippen LogP contribution is 2.31. The van der Waals surface area contributed by atoms with Gasteiger partial charge in [-0.05, 0) is 36.6 Å². The first kappa shape index (κ1) is 21.7. The van der Waals surface area contributed by atoms with Crippen molar-refractivity contribution in [3.63, 3.8) is 0 Å². The second-order valence-electron chi connectivity index (χ2n) is 7.40. The highest BCUT2D eigenvalue weighted by atomic mass is 35.5. The van der Waals surface area contributed by atoms with Crippen LogP contribution in [-0.2, 0) is 9.53 Å². The van der Waals surface area contributed by atoms with Gasteiger partial charge in [-0.3, -0.25) is 4.90 Å². The van der Waals surface area contributed by atoms with Crippen molar-refractivity contribution in [3.05, 3.63) is 62.9 Å². The lowest BCUT2D eigenvalue weighted by atomic mass is 10.0. The van der Waals surface area contributed by atoms with Crippen molar-refractivity contribution in [1.82, 2.24) is 15.5 Å². The lowest BCUT2D eigenvalue weighted by Crippen LogP contribution is -2.51. The summed E-state index contributed by atoms with van der Waals surface area (Å²) < 4.78 is 5.33. The van der Waals surface area contributed by atoms with Crippen LogP contribution >= 0.6 is 22.9 Å². The van der Waals surface area contributed by atoms with E-state index in [0.717, 1.165) is 41.8 Å². The molecule has 1 saturated heterocycles. The molecule has 0 saturated carbocycles. The smallest absolute Gasteiger partial charge is 0.338 e. The number of amides is 2. The molecule has 4 rings (SSSR count). The van der Waals surface area contributed by atoms with E-state index in [1.54, 1.807) is 6.92 Å². The minimum atomic E-state index is -0.504. The van der Waals surface area contributed by atoms with Crippen molar-refractivity contribution in [1.29, 1.82) is 0 Å². The van der Waals surface area contributed by atoms with E-state index in [2.05, 4.69) is 26.5 Å². The van der Waals surface area contributed by atoms with Crippen LogP contribution in [0.15, 0.2) is 53.0 Å². The van der Waals surface area contributed by atoms with Crippen LogP contribution in [0.3, 0.4) is 0 Å². The Balaban J connectivity index is 1.52. The molecule has 7 nitrogen and oxygen atoms in total. The Morgan fingerprint density at radius 1 is 1.23 bits per heavy atom. The molecule has 3 heterocycles. The Kier molecular flexibility index (Phi) is 6.80. The lowest BCUT2D eigenvalue weighted by molar-refractivity contribution is -0.139. The predicted molar refractivity (Wildman–Crippen MR) is 122 cm³/mol. The normalized spacial score (nSPS) is 19.7. The summed E-state index contributed by atoms with van der Waals surface area (Å²) in [7, 11) is 0. The van der Waals surface area contributed by atoms with E-state index in [-0.39, 0.29) is 12.6 Å². The minimum absolute atomic E-state index is 0.277. The van der Waals surface area contributed by atoms with Crippen LogP contribution in [0.25, 0.3) is 0 Å². The fraction of sp³-hybridized carbons (Fsp3) is 0.364. The molecule has 2 aliphatic heterocycles. The van der Waals surface area contributed by atoms with Gasteiger partial charge >= 0.3 is 12.0 Å². The summed E-state index contributed by atoms with van der Waals surface area (Å²) in [5.74, 6) is -0.402. The number of halogens is 1. The summed E-state index contributed by atoms with van der Waals surface area (Å²) in [4.78, 5) is 30.6. The molecule has 1 fully saturated rings. The van der Waals surface area contributed by atoms with Gasteiger partial charge in [0.15, 0.2) is 0 Å². The Labute approximate surface area is 190 Å². The van der Waals surface area contributed by atoms with Gasteiger partial charge < -0.3 is 20.3 Å². The van der Waals surface area contributed by atoms with E-state index in [4.69, 9.17) is 16.3 Å². The van der Waals surface area contributed by atoms with Gasteiger partial charge in [0.05, 0.1) is 18.2 Å². The molecule has 0 bridgehead atoms. The van der Waals surface area contributed by atoms with Crippen LogP contribution in [0.1, 0.15) is 17.8 Å². The molecule has 0 aliphatic carbocycles. The highest BCUT2D eigenvalue weighted by molar-refractivity contribution is 7.10. The molecule has 2 amide bonds. The zero-order valence-electron chi connectivity index (χ0n) is 17.3. The zero-order valence-corrected chi connectivity index (χ0v) is 18.8. The monoisotopic (exact) mass is 460 g/mol. The number of carbonyl (C=O) groups excluding carboxylic acids is 2. The van der Waals surface area contributed by atoms with Crippen molar-refractivity contribution >= 4 is 40.6 Å². The number of nitrogens with one attached hydrogen (secondary N) is 2. The van der Waals surface area contributed by atoms with Crippen LogP contribution in [0.5, 0.6) is 0 Å². The summed E-state index contributed by atoms with van der Waals surface area (Å²) in [5, 5.41) is 8.38. The Bertz CT molecular complexity index is 971. The van der Waals surface area contributed by atoms with Crippen LogP contribution < -0.4 is 15.5 Å². The second-order valence-corrected chi connectivity index (χ2v) is 8.82. The highest BCUT2D eigenvalue weighted by Gasteiger charge is 2.35. The number of carbonyl (C=O) groups is 2. The SMILES string of the molecule is CCOC(=O)C1=C(CN2CCN(c3cccc(Cl)c3)CC2)NC(=O)N[C@H]1c1cccs1. The fourth-order valence-corrected chi connectivity index (χ4v) is 4.89. The number of urea groups is 1. The Hall–Kier alpha value is -2.55. The molecule has 1 aromatic heterocycles. The van der Waals surface area contributed by atoms with Crippen LogP contribution in [0, 0.1) is 0 Å². The van der Waals surface area contributed by atoms with E-state index in [0.29, 0.717) is 17.8 Å². The van der Waals surface area contributed by atoms with Crippen molar-refractivity contribution in [2.75, 3.05) is 44.2 Å². The van der Waals surface area contributed by atoms with Gasteiger partial charge in [-0.1, -0.05) is 23.7 Å². The summed E-state index contributed by atoms with van der Waals surface area (Å²) in [6.45, 7) is 5.82. The molecule has 1 aromatic carbocycles. The molecular weight excluding hydrogens is 436 g/mol. The van der Waals surface area contributed by atoms with Gasteiger partial charge in [-0.25, -0.2) is 9.59 Å². The number of piperazine rings is 1. The zero-order chi connectivity index (χ0) is 21.8. The largest absolute Gasteiger partial charge is 0.463 e. The van der Waals surface area contributed by atoms with Crippen molar-refractivity contribution in [2.24, 2.45) is 0 Å². The fourth-order valence-electron chi connectivity index (χ4n) is 3.92. The van der Waals surface area contributed by atoms with Gasteiger partial charge in [0.1, 0.15) is 0 Å². The first-order valence-corrected chi connectivity index (χ1v) is 11.5. The first-order chi connectivity index (χ1) is 15.0. The van der Waals surface area contributed by atoms with E-state index < -0.39 is 12.0 Å². The third kappa shape index (κ3) is 5.03. The Morgan fingerprint density at radius 2 is 2.03 bits per heavy atom. The maximum atomic E-state index is 12.8. The molecule has 1 atom stereocenters. The molecule has 9 heteroatoms. The number of esters is 1. The maximum absolute atomic E-state index is 12.8. The Morgan fingerprint density at radius 3 is 2.71 bits per heavy atom. The number of hydrogen-bond donors (Lipinski definition) is 2. The van der Waals surface area contributed by atoms with Gasteiger partial charge in [-0.15, -0.1) is 11.3 Å². The number of anilines is 1. The average Bonchev–Trinajstić information content (AvgIpc) is 3.29. The topological polar surface area (TPSA) is 73.9 Å². The lowest BCUT2D eigenvalue weighted by Gasteiger charge is -2.38. The molecule has 0 spiro atoms. The number of thiophene rings is 1. The second kappa shape index (κ2) is 9.72. The van der Waals surface area contributed by atoms with Crippen LogP contribution in [-0.4, -0.2) is 56.2 Å². The van der Waals surface area contributed by atoms with Crippen LogP contribution in [0.2, 0.25) is 5.02 Å². The van der Waals surface area contributed by atoms with Gasteiger partial charge in [0.2, 0.25) is 0 Å². The number of nitrogens with zero attached hydrogens (tertiary/aromatic N) is 2. The number of benzene rings is 1. The number of hydrogen-bond acceptors (Lipinski definition) is 6. The average molecular weight is 461 g/mol.